The minimum atomic E-state index is -0.970. The van der Waals surface area contributed by atoms with Gasteiger partial charge < -0.3 is 20.1 Å². The van der Waals surface area contributed by atoms with Gasteiger partial charge in [-0.1, -0.05) is 0 Å². The Morgan fingerprint density at radius 3 is 2.90 bits per heavy atom. The zero-order valence-electron chi connectivity index (χ0n) is 10.9. The number of benzene rings is 1. The number of amides is 2. The molecule has 6 nitrogen and oxygen atoms in total. The number of nitrogens with zero attached hydrogens (tertiary/aromatic N) is 1. The van der Waals surface area contributed by atoms with Crippen LogP contribution in [0.5, 0.6) is 5.75 Å². The maximum atomic E-state index is 12.2. The summed E-state index contributed by atoms with van der Waals surface area (Å²) in [5.41, 5.74) is 0.547. The zero-order valence-corrected chi connectivity index (χ0v) is 12.5. The normalized spacial score (nSPS) is 17.9. The number of carbonyl (C=O) groups is 2. The molecule has 1 unspecified atom stereocenters. The molecule has 1 fully saturated rings. The Labute approximate surface area is 124 Å². The Kier molecular flexibility index (Phi) is 4.49. The molecule has 7 heteroatoms. The third kappa shape index (κ3) is 3.04. The molecule has 0 bridgehead atoms. The average Bonchev–Trinajstić information content (AvgIpc) is 2.90. The molecule has 1 aliphatic heterocycles. The number of ether oxygens (including phenoxy) is 1. The van der Waals surface area contributed by atoms with Gasteiger partial charge in [-0.25, -0.2) is 9.59 Å². The van der Waals surface area contributed by atoms with Crippen LogP contribution in [0.4, 0.5) is 10.5 Å². The quantitative estimate of drug-likeness (QED) is 0.884. The highest BCUT2D eigenvalue weighted by molar-refractivity contribution is 9.10. The first kappa shape index (κ1) is 14.6. The van der Waals surface area contributed by atoms with Crippen molar-refractivity contribution in [3.8, 4) is 5.75 Å². The predicted octanol–water partition coefficient (Wildman–Crippen LogP) is 2.54. The number of hydrogen-bond acceptors (Lipinski definition) is 3. The lowest BCUT2D eigenvalue weighted by Gasteiger charge is -2.22. The maximum Gasteiger partial charge on any atom is 0.326 e. The van der Waals surface area contributed by atoms with Crippen LogP contribution in [-0.2, 0) is 4.79 Å². The fourth-order valence-electron chi connectivity index (χ4n) is 2.18. The molecule has 2 amide bonds. The molecule has 0 spiro atoms. The van der Waals surface area contributed by atoms with Crippen molar-refractivity contribution >= 4 is 33.6 Å². The standard InChI is InChI=1S/C13H15BrN2O4/c1-20-8-4-5-9(14)10(7-8)15-13(19)16-6-2-3-11(16)12(17)18/h4-5,7,11H,2-3,6H2,1H3,(H,15,19)(H,17,18). The summed E-state index contributed by atoms with van der Waals surface area (Å²) in [6.07, 6.45) is 1.19. The number of carbonyl (C=O) groups excluding carboxylic acids is 1. The highest BCUT2D eigenvalue weighted by Crippen LogP contribution is 2.28. The summed E-state index contributed by atoms with van der Waals surface area (Å²) in [5, 5.41) is 11.8. The van der Waals surface area contributed by atoms with Crippen LogP contribution in [0.15, 0.2) is 22.7 Å². The van der Waals surface area contributed by atoms with E-state index in [1.165, 1.54) is 12.0 Å². The van der Waals surface area contributed by atoms with Gasteiger partial charge in [0, 0.05) is 17.1 Å². The molecule has 0 saturated carbocycles. The van der Waals surface area contributed by atoms with Gasteiger partial charge in [0.15, 0.2) is 0 Å². The van der Waals surface area contributed by atoms with E-state index in [4.69, 9.17) is 9.84 Å². The molecular formula is C13H15BrN2O4. The van der Waals surface area contributed by atoms with Gasteiger partial charge in [0.05, 0.1) is 12.8 Å². The summed E-state index contributed by atoms with van der Waals surface area (Å²) in [6.45, 7) is 0.449. The summed E-state index contributed by atoms with van der Waals surface area (Å²) in [5.74, 6) is -0.359. The second kappa shape index (κ2) is 6.13. The molecule has 108 valence electrons. The van der Waals surface area contributed by atoms with E-state index in [2.05, 4.69) is 21.2 Å². The Bertz CT molecular complexity index is 535. The number of aliphatic carboxylic acids is 1. The molecule has 2 N–H and O–H groups in total. The van der Waals surface area contributed by atoms with Gasteiger partial charge >= 0.3 is 12.0 Å². The lowest BCUT2D eigenvalue weighted by molar-refractivity contribution is -0.141. The van der Waals surface area contributed by atoms with Crippen molar-refractivity contribution in [1.82, 2.24) is 4.90 Å². The molecule has 0 aromatic heterocycles. The van der Waals surface area contributed by atoms with E-state index in [1.54, 1.807) is 18.2 Å². The Morgan fingerprint density at radius 1 is 1.50 bits per heavy atom. The monoisotopic (exact) mass is 342 g/mol. The maximum absolute atomic E-state index is 12.2. The first-order chi connectivity index (χ1) is 9.52. The topological polar surface area (TPSA) is 78.9 Å². The van der Waals surface area contributed by atoms with E-state index in [1.807, 2.05) is 0 Å². The number of nitrogens with one attached hydrogen (secondary N) is 1. The number of methoxy groups -OCH3 is 1. The number of anilines is 1. The number of halogens is 1. The largest absolute Gasteiger partial charge is 0.497 e. The number of hydrogen-bond donors (Lipinski definition) is 2. The van der Waals surface area contributed by atoms with E-state index in [9.17, 15) is 9.59 Å². The summed E-state index contributed by atoms with van der Waals surface area (Å²) in [6, 6.07) is 4.03. The summed E-state index contributed by atoms with van der Waals surface area (Å²) >= 11 is 3.34. The minimum Gasteiger partial charge on any atom is -0.497 e. The fraction of sp³-hybridized carbons (Fsp3) is 0.385. The van der Waals surface area contributed by atoms with Crippen molar-refractivity contribution in [1.29, 1.82) is 0 Å². The van der Waals surface area contributed by atoms with E-state index in [-0.39, 0.29) is 0 Å². The number of rotatable bonds is 3. The third-order valence-electron chi connectivity index (χ3n) is 3.21. The van der Waals surface area contributed by atoms with E-state index in [0.29, 0.717) is 35.3 Å². The highest BCUT2D eigenvalue weighted by atomic mass is 79.9. The van der Waals surface area contributed by atoms with Crippen molar-refractivity contribution in [2.75, 3.05) is 19.0 Å². The molecule has 2 rings (SSSR count). The van der Waals surface area contributed by atoms with Crippen LogP contribution in [0.1, 0.15) is 12.8 Å². The second-order valence-electron chi connectivity index (χ2n) is 4.47. The lowest BCUT2D eigenvalue weighted by Crippen LogP contribution is -2.42. The van der Waals surface area contributed by atoms with Gasteiger partial charge in [0.1, 0.15) is 11.8 Å². The molecule has 20 heavy (non-hydrogen) atoms. The number of carboxylic acid groups (broad SMARTS) is 1. The molecule has 0 radical (unpaired) electrons. The van der Waals surface area contributed by atoms with Crippen LogP contribution in [0.3, 0.4) is 0 Å². The summed E-state index contributed by atoms with van der Waals surface area (Å²) in [7, 11) is 1.54. The van der Waals surface area contributed by atoms with Gasteiger partial charge in [0.25, 0.3) is 0 Å². The predicted molar refractivity (Wildman–Crippen MR) is 77.1 cm³/mol. The molecule has 1 atom stereocenters. The summed E-state index contributed by atoms with van der Waals surface area (Å²) < 4.78 is 5.80. The Balaban J connectivity index is 2.13. The third-order valence-corrected chi connectivity index (χ3v) is 3.91. The van der Waals surface area contributed by atoms with E-state index in [0.717, 1.165) is 0 Å². The van der Waals surface area contributed by atoms with Gasteiger partial charge in [-0.3, -0.25) is 0 Å². The van der Waals surface area contributed by atoms with Gasteiger partial charge in [0.2, 0.25) is 0 Å². The number of urea groups is 1. The number of carboxylic acids is 1. The Morgan fingerprint density at radius 2 is 2.25 bits per heavy atom. The molecular weight excluding hydrogens is 328 g/mol. The molecule has 1 heterocycles. The van der Waals surface area contributed by atoms with Crippen molar-refractivity contribution in [3.05, 3.63) is 22.7 Å². The molecule has 1 saturated heterocycles. The summed E-state index contributed by atoms with van der Waals surface area (Å²) in [4.78, 5) is 24.6. The van der Waals surface area contributed by atoms with E-state index < -0.39 is 18.0 Å². The van der Waals surface area contributed by atoms with Crippen molar-refractivity contribution in [3.63, 3.8) is 0 Å². The minimum absolute atomic E-state index is 0.413. The van der Waals surface area contributed by atoms with Gasteiger partial charge in [-0.2, -0.15) is 0 Å². The first-order valence-corrected chi connectivity index (χ1v) is 6.96. The van der Waals surface area contributed by atoms with Crippen LogP contribution in [0.2, 0.25) is 0 Å². The fourth-order valence-corrected chi connectivity index (χ4v) is 2.53. The van der Waals surface area contributed by atoms with Crippen molar-refractivity contribution in [2.24, 2.45) is 0 Å². The lowest BCUT2D eigenvalue weighted by atomic mass is 10.2. The second-order valence-corrected chi connectivity index (χ2v) is 5.32. The van der Waals surface area contributed by atoms with Crippen molar-refractivity contribution in [2.45, 2.75) is 18.9 Å². The first-order valence-electron chi connectivity index (χ1n) is 6.17. The molecule has 1 aliphatic rings. The smallest absolute Gasteiger partial charge is 0.326 e. The zero-order chi connectivity index (χ0) is 14.7. The van der Waals surface area contributed by atoms with Crippen LogP contribution >= 0.6 is 15.9 Å². The SMILES string of the molecule is COc1ccc(Br)c(NC(=O)N2CCCC2C(=O)O)c1. The molecule has 0 aliphatic carbocycles. The Hall–Kier alpha value is -1.76. The van der Waals surface area contributed by atoms with Crippen LogP contribution < -0.4 is 10.1 Å². The van der Waals surface area contributed by atoms with Crippen LogP contribution in [0, 0.1) is 0 Å². The van der Waals surface area contributed by atoms with Gasteiger partial charge in [-0.05, 0) is 40.9 Å². The highest BCUT2D eigenvalue weighted by Gasteiger charge is 2.34. The molecule has 1 aromatic rings. The van der Waals surface area contributed by atoms with Crippen LogP contribution in [0.25, 0.3) is 0 Å². The van der Waals surface area contributed by atoms with Crippen LogP contribution in [-0.4, -0.2) is 41.7 Å². The average molecular weight is 343 g/mol. The molecule has 1 aromatic carbocycles. The van der Waals surface area contributed by atoms with Gasteiger partial charge in [-0.15, -0.1) is 0 Å². The van der Waals surface area contributed by atoms with E-state index >= 15 is 0 Å². The van der Waals surface area contributed by atoms with Crippen molar-refractivity contribution < 1.29 is 19.4 Å². The number of likely N-dealkylation sites (tertiary alicyclic amines) is 1.